The molecule has 0 radical (unpaired) electrons. The highest BCUT2D eigenvalue weighted by molar-refractivity contribution is 4.82. The van der Waals surface area contributed by atoms with Gasteiger partial charge in [0.05, 0.1) is 0 Å². The van der Waals surface area contributed by atoms with Gasteiger partial charge in [0.2, 0.25) is 0 Å². The van der Waals surface area contributed by atoms with E-state index in [0.717, 1.165) is 6.54 Å². The first-order chi connectivity index (χ1) is 7.00. The highest BCUT2D eigenvalue weighted by atomic mass is 15.3. The Bertz CT molecular complexity index is 170. The topological polar surface area (TPSA) is 18.5 Å². The Labute approximate surface area is 94.8 Å². The molecule has 3 nitrogen and oxygen atoms in total. The molecule has 1 saturated heterocycles. The summed E-state index contributed by atoms with van der Waals surface area (Å²) in [6.45, 7) is 13.8. The summed E-state index contributed by atoms with van der Waals surface area (Å²) in [4.78, 5) is 5.05. The first-order valence-electron chi connectivity index (χ1n) is 6.18. The number of hydrogen-bond acceptors (Lipinski definition) is 3. The van der Waals surface area contributed by atoms with Gasteiger partial charge in [0.25, 0.3) is 0 Å². The Balaban J connectivity index is 2.26. The van der Waals surface area contributed by atoms with E-state index in [0.29, 0.717) is 18.1 Å². The summed E-state index contributed by atoms with van der Waals surface area (Å²) in [6, 6.07) is 1.98. The molecule has 2 unspecified atom stereocenters. The van der Waals surface area contributed by atoms with Crippen molar-refractivity contribution in [1.82, 2.24) is 15.1 Å². The molecule has 0 aromatic heterocycles. The van der Waals surface area contributed by atoms with Crippen LogP contribution in [0.2, 0.25) is 0 Å². The van der Waals surface area contributed by atoms with E-state index in [-0.39, 0.29) is 0 Å². The van der Waals surface area contributed by atoms with Crippen LogP contribution in [0.1, 0.15) is 27.7 Å². The lowest BCUT2D eigenvalue weighted by Crippen LogP contribution is -2.55. The number of hydrogen-bond donors (Lipinski definition) is 1. The van der Waals surface area contributed by atoms with Crippen molar-refractivity contribution in [3.8, 4) is 0 Å². The summed E-state index contributed by atoms with van der Waals surface area (Å²) in [6.07, 6.45) is 0. The fourth-order valence-electron chi connectivity index (χ4n) is 2.21. The Hall–Kier alpha value is -0.120. The van der Waals surface area contributed by atoms with Crippen LogP contribution in [0.5, 0.6) is 0 Å². The molecule has 3 heteroatoms. The van der Waals surface area contributed by atoms with Gasteiger partial charge in [-0.1, -0.05) is 13.8 Å². The van der Waals surface area contributed by atoms with Gasteiger partial charge in [0, 0.05) is 44.3 Å². The van der Waals surface area contributed by atoms with Gasteiger partial charge >= 0.3 is 0 Å². The highest BCUT2D eigenvalue weighted by Crippen LogP contribution is 2.12. The first-order valence-corrected chi connectivity index (χ1v) is 6.18. The van der Waals surface area contributed by atoms with Gasteiger partial charge in [0.1, 0.15) is 0 Å². The standard InChI is InChI=1S/C12H27N3/c1-10(2)13-6-7-15-8-11(3)14(5)12(4)9-15/h10-13H,6-9H2,1-5H3. The normalized spacial score (nSPS) is 30.0. The van der Waals surface area contributed by atoms with Gasteiger partial charge in [-0.05, 0) is 20.9 Å². The molecule has 0 saturated carbocycles. The summed E-state index contributed by atoms with van der Waals surface area (Å²) < 4.78 is 0. The van der Waals surface area contributed by atoms with E-state index >= 15 is 0 Å². The van der Waals surface area contributed by atoms with Crippen molar-refractivity contribution in [2.75, 3.05) is 33.2 Å². The van der Waals surface area contributed by atoms with Crippen LogP contribution in [0.4, 0.5) is 0 Å². The highest BCUT2D eigenvalue weighted by Gasteiger charge is 2.25. The smallest absolute Gasteiger partial charge is 0.0195 e. The van der Waals surface area contributed by atoms with Crippen molar-refractivity contribution < 1.29 is 0 Å². The van der Waals surface area contributed by atoms with E-state index < -0.39 is 0 Å². The molecule has 0 amide bonds. The lowest BCUT2D eigenvalue weighted by molar-refractivity contribution is 0.0605. The van der Waals surface area contributed by atoms with Crippen LogP contribution in [0, 0.1) is 0 Å². The Kier molecular flexibility index (Phi) is 5.03. The summed E-state index contributed by atoms with van der Waals surface area (Å²) in [5, 5.41) is 3.48. The summed E-state index contributed by atoms with van der Waals surface area (Å²) >= 11 is 0. The summed E-state index contributed by atoms with van der Waals surface area (Å²) in [5.41, 5.74) is 0. The van der Waals surface area contributed by atoms with Crippen LogP contribution in [0.15, 0.2) is 0 Å². The fourth-order valence-corrected chi connectivity index (χ4v) is 2.21. The molecule has 1 aliphatic heterocycles. The molecule has 1 fully saturated rings. The largest absolute Gasteiger partial charge is 0.313 e. The van der Waals surface area contributed by atoms with E-state index in [1.54, 1.807) is 0 Å². The maximum Gasteiger partial charge on any atom is 0.0195 e. The minimum Gasteiger partial charge on any atom is -0.313 e. The Morgan fingerprint density at radius 2 is 1.73 bits per heavy atom. The first kappa shape index (κ1) is 12.9. The maximum atomic E-state index is 3.48. The van der Waals surface area contributed by atoms with Crippen molar-refractivity contribution in [3.05, 3.63) is 0 Å². The van der Waals surface area contributed by atoms with Gasteiger partial charge in [-0.25, -0.2) is 0 Å². The molecular weight excluding hydrogens is 186 g/mol. The van der Waals surface area contributed by atoms with Crippen LogP contribution in [-0.2, 0) is 0 Å². The number of rotatable bonds is 4. The molecule has 0 aromatic carbocycles. The van der Waals surface area contributed by atoms with Gasteiger partial charge in [-0.2, -0.15) is 0 Å². The van der Waals surface area contributed by atoms with Gasteiger partial charge in [-0.3, -0.25) is 9.80 Å². The lowest BCUT2D eigenvalue weighted by Gasteiger charge is -2.42. The zero-order chi connectivity index (χ0) is 11.4. The third-order valence-corrected chi connectivity index (χ3v) is 3.42. The van der Waals surface area contributed by atoms with Crippen molar-refractivity contribution >= 4 is 0 Å². The zero-order valence-corrected chi connectivity index (χ0v) is 11.0. The summed E-state index contributed by atoms with van der Waals surface area (Å²) in [7, 11) is 2.24. The molecule has 15 heavy (non-hydrogen) atoms. The van der Waals surface area contributed by atoms with Gasteiger partial charge < -0.3 is 5.32 Å². The molecule has 1 rings (SSSR count). The molecule has 1 heterocycles. The average molecular weight is 213 g/mol. The number of nitrogens with one attached hydrogen (secondary N) is 1. The Morgan fingerprint density at radius 1 is 1.20 bits per heavy atom. The van der Waals surface area contributed by atoms with Crippen LogP contribution >= 0.6 is 0 Å². The zero-order valence-electron chi connectivity index (χ0n) is 11.0. The molecule has 2 atom stereocenters. The molecular formula is C12H27N3. The SMILES string of the molecule is CC(C)NCCN1CC(C)N(C)C(C)C1. The number of nitrogens with zero attached hydrogens (tertiary/aromatic N) is 2. The minimum absolute atomic E-state index is 0.604. The van der Waals surface area contributed by atoms with Crippen molar-refractivity contribution in [3.63, 3.8) is 0 Å². The van der Waals surface area contributed by atoms with E-state index in [1.165, 1.54) is 19.6 Å². The van der Waals surface area contributed by atoms with Crippen LogP contribution in [-0.4, -0.2) is 61.2 Å². The third kappa shape index (κ3) is 4.09. The third-order valence-electron chi connectivity index (χ3n) is 3.42. The van der Waals surface area contributed by atoms with E-state index in [9.17, 15) is 0 Å². The Morgan fingerprint density at radius 3 is 2.20 bits per heavy atom. The molecule has 0 aromatic rings. The van der Waals surface area contributed by atoms with Gasteiger partial charge in [-0.15, -0.1) is 0 Å². The number of piperazine rings is 1. The van der Waals surface area contributed by atoms with Crippen molar-refractivity contribution in [2.45, 2.75) is 45.8 Å². The van der Waals surface area contributed by atoms with E-state index in [1.807, 2.05) is 0 Å². The monoisotopic (exact) mass is 213 g/mol. The van der Waals surface area contributed by atoms with Gasteiger partial charge in [0.15, 0.2) is 0 Å². The molecule has 1 N–H and O–H groups in total. The second kappa shape index (κ2) is 5.83. The second-order valence-corrected chi connectivity index (χ2v) is 5.23. The molecule has 0 spiro atoms. The maximum absolute atomic E-state index is 3.48. The van der Waals surface area contributed by atoms with Crippen molar-refractivity contribution in [1.29, 1.82) is 0 Å². The second-order valence-electron chi connectivity index (χ2n) is 5.23. The summed E-state index contributed by atoms with van der Waals surface area (Å²) in [5.74, 6) is 0. The van der Waals surface area contributed by atoms with E-state index in [2.05, 4.69) is 49.9 Å². The van der Waals surface area contributed by atoms with Crippen LogP contribution in [0.3, 0.4) is 0 Å². The fraction of sp³-hybridized carbons (Fsp3) is 1.00. The molecule has 1 aliphatic rings. The minimum atomic E-state index is 0.604. The molecule has 0 aliphatic carbocycles. The molecule has 0 bridgehead atoms. The van der Waals surface area contributed by atoms with E-state index in [4.69, 9.17) is 0 Å². The number of likely N-dealkylation sites (N-methyl/N-ethyl adjacent to an activating group) is 1. The quantitative estimate of drug-likeness (QED) is 0.752. The molecule has 90 valence electrons. The van der Waals surface area contributed by atoms with Crippen LogP contribution in [0.25, 0.3) is 0 Å². The lowest BCUT2D eigenvalue weighted by atomic mass is 10.1. The average Bonchev–Trinajstić information content (AvgIpc) is 2.13. The predicted molar refractivity (Wildman–Crippen MR) is 66.3 cm³/mol. The van der Waals surface area contributed by atoms with Crippen molar-refractivity contribution in [2.24, 2.45) is 0 Å². The van der Waals surface area contributed by atoms with Crippen LogP contribution < -0.4 is 5.32 Å². The predicted octanol–water partition coefficient (Wildman–Crippen LogP) is 1.01.